The number of aromatic amines is 1. The fourth-order valence-electron chi connectivity index (χ4n) is 8.04. The van der Waals surface area contributed by atoms with E-state index in [2.05, 4.69) is 88.7 Å². The topological polar surface area (TPSA) is 477 Å². The number of carbonyl (C=O) groups is 13. The number of aliphatic hydroxyl groups excluding tert-OH is 1. The Balaban J connectivity index is 1.39. The Morgan fingerprint density at radius 1 is 0.500 bits per heavy atom. The first-order chi connectivity index (χ1) is 40.9. The second-order valence-electron chi connectivity index (χ2n) is 19.2. The van der Waals surface area contributed by atoms with Crippen molar-refractivity contribution in [1.82, 2.24) is 63.5 Å². The van der Waals surface area contributed by atoms with Gasteiger partial charge in [0.05, 0.1) is 32.8 Å². The standard InChI is InChI=1S/C54H69N13O17S2/c1-28(47(76)64-36(17-29-7-3-2-4-8-29)51(80)63-35(15-16-46(74)75)50(79)66-38(54(83)84)18-30-11-13-32(69)14-12-30)60-44(72)24-59-48(77)37(19-31-21-56-34-10-6-5-9-33(31)34)65-53(82)41(27-86)62-45(73)23-57-43(71)22-58-49(78)40(26-85)67-52(81)39(25-68)61-42(70)20-55/h2-14,21,28,35-41,56,68-69,85-86H,15-20,22-27,55H2,1H3,(H,57,71)(H,58,78)(H,59,77)(H,60,72)(H,61,70)(H,62,73)(H,63,80)(H,64,76)(H,65,82)(H,66,79)(H,67,81)(H,74,75)(H,83,84)/t28-,35-,36-,37-,38-,39-,40-,41-/m0/s1. The zero-order valence-electron chi connectivity index (χ0n) is 46.3. The molecule has 0 saturated heterocycles. The second kappa shape index (κ2) is 35.1. The number of phenols is 1. The van der Waals surface area contributed by atoms with E-state index in [1.807, 2.05) is 0 Å². The highest BCUT2D eigenvalue weighted by Crippen LogP contribution is 2.20. The van der Waals surface area contributed by atoms with Crippen molar-refractivity contribution in [1.29, 1.82) is 0 Å². The molecular formula is C54H69N13O17S2. The Labute approximate surface area is 502 Å². The van der Waals surface area contributed by atoms with Gasteiger partial charge in [-0.3, -0.25) is 57.5 Å². The number of carbonyl (C=O) groups excluding carboxylic acids is 11. The van der Waals surface area contributed by atoms with Crippen LogP contribution in [0.5, 0.6) is 5.75 Å². The molecule has 4 aromatic rings. The minimum atomic E-state index is -1.61. The van der Waals surface area contributed by atoms with Crippen LogP contribution < -0.4 is 64.2 Å². The average Bonchev–Trinajstić information content (AvgIpc) is 2.98. The molecule has 464 valence electrons. The largest absolute Gasteiger partial charge is 0.508 e. The molecule has 86 heavy (non-hydrogen) atoms. The molecule has 1 aromatic heterocycles. The molecule has 8 atom stereocenters. The summed E-state index contributed by atoms with van der Waals surface area (Å²) in [6.45, 7) is -2.18. The van der Waals surface area contributed by atoms with Crippen LogP contribution in [0.3, 0.4) is 0 Å². The zero-order chi connectivity index (χ0) is 63.5. The Bertz CT molecular complexity index is 3060. The van der Waals surface area contributed by atoms with Gasteiger partial charge in [-0.15, -0.1) is 0 Å². The third kappa shape index (κ3) is 23.1. The number of thiol groups is 2. The highest BCUT2D eigenvalue weighted by molar-refractivity contribution is 7.80. The molecule has 0 spiro atoms. The van der Waals surface area contributed by atoms with Crippen LogP contribution >= 0.6 is 25.3 Å². The number of carboxylic acid groups (broad SMARTS) is 2. The highest BCUT2D eigenvalue weighted by atomic mass is 32.1. The summed E-state index contributed by atoms with van der Waals surface area (Å²) in [4.78, 5) is 172. The average molecular weight is 1240 g/mol. The Kier molecular flexibility index (Phi) is 28.3. The molecule has 30 nitrogen and oxygen atoms in total. The van der Waals surface area contributed by atoms with Crippen LogP contribution in [-0.2, 0) is 81.6 Å². The number of rotatable bonds is 35. The molecule has 0 bridgehead atoms. The number of fused-ring (bicyclic) bond motifs is 1. The van der Waals surface area contributed by atoms with Crippen LogP contribution in [0.4, 0.5) is 0 Å². The van der Waals surface area contributed by atoms with Gasteiger partial charge in [-0.25, -0.2) is 4.79 Å². The van der Waals surface area contributed by atoms with E-state index in [0.29, 0.717) is 27.6 Å². The number of para-hydroxylation sites is 1. The molecular weight excluding hydrogens is 1170 g/mol. The zero-order valence-corrected chi connectivity index (χ0v) is 48.0. The highest BCUT2D eigenvalue weighted by Gasteiger charge is 2.33. The van der Waals surface area contributed by atoms with Crippen molar-refractivity contribution >= 4 is 113 Å². The number of aromatic hydroxyl groups is 1. The molecule has 0 saturated carbocycles. The number of phenolic OH excluding ortho intramolecular Hbond substituents is 1. The van der Waals surface area contributed by atoms with E-state index in [1.54, 1.807) is 60.8 Å². The van der Waals surface area contributed by atoms with Gasteiger partial charge in [-0.05, 0) is 48.2 Å². The van der Waals surface area contributed by atoms with Crippen molar-refractivity contribution in [3.8, 4) is 5.75 Å². The molecule has 1 heterocycles. The van der Waals surface area contributed by atoms with E-state index in [0.717, 1.165) is 0 Å². The lowest BCUT2D eigenvalue weighted by Crippen LogP contribution is -2.58. The smallest absolute Gasteiger partial charge is 0.326 e. The number of aromatic nitrogens is 1. The van der Waals surface area contributed by atoms with Crippen molar-refractivity contribution in [2.45, 2.75) is 87.4 Å². The lowest BCUT2D eigenvalue weighted by atomic mass is 10.0. The number of hydrogen-bond acceptors (Lipinski definition) is 18. The number of H-pyrrole nitrogens is 1. The number of aliphatic carboxylic acids is 2. The number of nitrogens with one attached hydrogen (secondary N) is 12. The molecule has 0 aliphatic carbocycles. The Morgan fingerprint density at radius 3 is 1.60 bits per heavy atom. The van der Waals surface area contributed by atoms with Gasteiger partial charge in [0.2, 0.25) is 65.0 Å². The van der Waals surface area contributed by atoms with Crippen LogP contribution in [0.2, 0.25) is 0 Å². The normalized spacial score (nSPS) is 13.6. The number of amides is 11. The van der Waals surface area contributed by atoms with Crippen molar-refractivity contribution in [2.24, 2.45) is 5.73 Å². The summed E-state index contributed by atoms with van der Waals surface area (Å²) < 4.78 is 0. The summed E-state index contributed by atoms with van der Waals surface area (Å²) in [5, 5.41) is 65.2. The lowest BCUT2D eigenvalue weighted by molar-refractivity contribution is -0.143. The molecule has 0 radical (unpaired) electrons. The molecule has 11 amide bonds. The van der Waals surface area contributed by atoms with Crippen LogP contribution in [0.25, 0.3) is 10.9 Å². The number of aliphatic hydroxyl groups is 1. The van der Waals surface area contributed by atoms with E-state index in [9.17, 15) is 82.8 Å². The van der Waals surface area contributed by atoms with E-state index in [1.165, 1.54) is 31.2 Å². The van der Waals surface area contributed by atoms with Crippen LogP contribution in [0.1, 0.15) is 36.5 Å². The maximum Gasteiger partial charge on any atom is 0.326 e. The SMILES string of the molecule is C[C@H](NC(=O)CNC(=O)[C@H](Cc1c[nH]c2ccccc12)NC(=O)[C@H](CS)NC(=O)CNC(=O)CNC(=O)[C@H](CS)NC(=O)[C@H](CO)NC(=O)CN)C(=O)N[C@@H](Cc1ccccc1)C(=O)N[C@@H](CCC(=O)O)C(=O)N[C@@H](Cc1ccc(O)cc1)C(=O)O. The van der Waals surface area contributed by atoms with Crippen LogP contribution in [-0.4, -0.2) is 195 Å². The number of carboxylic acids is 2. The molecule has 3 aromatic carbocycles. The molecule has 4 rings (SSSR count). The Hall–Kier alpha value is -9.27. The predicted molar refractivity (Wildman–Crippen MR) is 312 cm³/mol. The van der Waals surface area contributed by atoms with Gasteiger partial charge < -0.3 is 89.6 Å². The molecule has 0 fully saturated rings. The minimum Gasteiger partial charge on any atom is -0.508 e. The first kappa shape index (κ1) is 69.2. The predicted octanol–water partition coefficient (Wildman–Crippen LogP) is -5.09. The minimum absolute atomic E-state index is 0.0862. The first-order valence-corrected chi connectivity index (χ1v) is 27.8. The second-order valence-corrected chi connectivity index (χ2v) is 19.9. The van der Waals surface area contributed by atoms with Crippen molar-refractivity contribution in [3.05, 3.63) is 102 Å². The Morgan fingerprint density at radius 2 is 0.977 bits per heavy atom. The number of benzene rings is 3. The molecule has 18 N–H and O–H groups in total. The monoisotopic (exact) mass is 1240 g/mol. The third-order valence-corrected chi connectivity index (χ3v) is 13.4. The molecule has 0 aliphatic heterocycles. The fourth-order valence-corrected chi connectivity index (χ4v) is 8.55. The van der Waals surface area contributed by atoms with Gasteiger partial charge in [-0.2, -0.15) is 25.3 Å². The maximum absolute atomic E-state index is 14.0. The summed E-state index contributed by atoms with van der Waals surface area (Å²) in [5.74, 6) is -13.5. The van der Waals surface area contributed by atoms with Gasteiger partial charge in [0.1, 0.15) is 54.1 Å². The summed E-state index contributed by atoms with van der Waals surface area (Å²) >= 11 is 8.20. The van der Waals surface area contributed by atoms with E-state index >= 15 is 0 Å². The molecule has 32 heteroatoms. The van der Waals surface area contributed by atoms with Gasteiger partial charge >= 0.3 is 11.9 Å². The summed E-state index contributed by atoms with van der Waals surface area (Å²) in [6, 6.07) is 9.20. The number of hydrogen-bond donors (Lipinski definition) is 19. The molecule has 0 aliphatic rings. The van der Waals surface area contributed by atoms with E-state index < -0.39 is 171 Å². The van der Waals surface area contributed by atoms with Gasteiger partial charge in [-0.1, -0.05) is 60.7 Å². The summed E-state index contributed by atoms with van der Waals surface area (Å²) in [5.41, 5.74) is 7.41. The van der Waals surface area contributed by atoms with Gasteiger partial charge in [0, 0.05) is 54.3 Å². The maximum atomic E-state index is 14.0. The summed E-state index contributed by atoms with van der Waals surface area (Å²) in [6.07, 6.45) is -0.108. The number of nitrogens with two attached hydrogens (primary N) is 1. The van der Waals surface area contributed by atoms with Crippen LogP contribution in [0.15, 0.2) is 85.1 Å². The van der Waals surface area contributed by atoms with Crippen LogP contribution in [0, 0.1) is 0 Å². The van der Waals surface area contributed by atoms with E-state index in [-0.39, 0.29) is 36.5 Å². The first-order valence-electron chi connectivity index (χ1n) is 26.5. The van der Waals surface area contributed by atoms with Gasteiger partial charge in [0.25, 0.3) is 0 Å². The fraction of sp³-hybridized carbons (Fsp3) is 0.389. The quantitative estimate of drug-likeness (QED) is 0.0192. The molecule has 0 unspecified atom stereocenters. The summed E-state index contributed by atoms with van der Waals surface area (Å²) in [7, 11) is 0. The van der Waals surface area contributed by atoms with Crippen molar-refractivity contribution in [3.63, 3.8) is 0 Å². The van der Waals surface area contributed by atoms with E-state index in [4.69, 9.17) is 5.73 Å². The van der Waals surface area contributed by atoms with Crippen molar-refractivity contribution in [2.75, 3.05) is 44.3 Å². The third-order valence-electron chi connectivity index (χ3n) is 12.7. The van der Waals surface area contributed by atoms with Crippen molar-refractivity contribution < 1.29 is 82.8 Å². The van der Waals surface area contributed by atoms with Gasteiger partial charge in [0.15, 0.2) is 0 Å². The lowest BCUT2D eigenvalue weighted by Gasteiger charge is -2.25.